The highest BCUT2D eigenvalue weighted by Gasteiger charge is 2.30. The van der Waals surface area contributed by atoms with Gasteiger partial charge in [-0.25, -0.2) is 0 Å². The fraction of sp³-hybridized carbons (Fsp3) is 0.833. The van der Waals surface area contributed by atoms with E-state index in [-0.39, 0.29) is 23.6 Å². The number of hydrogen-bond donors (Lipinski definition) is 0. The summed E-state index contributed by atoms with van der Waals surface area (Å²) in [7, 11) is 0. The standard InChI is InChI=1S/C18H31N3O3/c1-3-4-6-17(23)20-9-5-10-21(14-13-20)18(24)16-7-11-19(12-8-16)15(2)22/h16H,3-14H2,1-2H3. The molecule has 3 amide bonds. The Hall–Kier alpha value is -1.59. The molecule has 6 heteroatoms. The molecule has 2 aliphatic rings. The number of carbonyl (C=O) groups is 3. The van der Waals surface area contributed by atoms with Crippen LogP contribution < -0.4 is 0 Å². The van der Waals surface area contributed by atoms with Gasteiger partial charge in [0, 0.05) is 58.5 Å². The van der Waals surface area contributed by atoms with Crippen LogP contribution in [0.15, 0.2) is 0 Å². The zero-order chi connectivity index (χ0) is 17.5. The largest absolute Gasteiger partial charge is 0.343 e. The molecular formula is C18H31N3O3. The van der Waals surface area contributed by atoms with Gasteiger partial charge in [0.25, 0.3) is 0 Å². The molecule has 0 aliphatic carbocycles. The van der Waals surface area contributed by atoms with Gasteiger partial charge in [-0.2, -0.15) is 0 Å². The topological polar surface area (TPSA) is 60.9 Å². The first-order valence-corrected chi connectivity index (χ1v) is 9.35. The summed E-state index contributed by atoms with van der Waals surface area (Å²) in [5.74, 6) is 0.557. The Balaban J connectivity index is 1.82. The molecule has 0 bridgehead atoms. The van der Waals surface area contributed by atoms with E-state index in [4.69, 9.17) is 0 Å². The SMILES string of the molecule is CCCCC(=O)N1CCCN(C(=O)C2CCN(C(C)=O)CC2)CC1. The first-order valence-electron chi connectivity index (χ1n) is 9.35. The lowest BCUT2D eigenvalue weighted by Crippen LogP contribution is -2.45. The maximum atomic E-state index is 12.8. The van der Waals surface area contributed by atoms with Crippen molar-refractivity contribution in [2.45, 2.75) is 52.4 Å². The Morgan fingerprint density at radius 1 is 0.875 bits per heavy atom. The zero-order valence-corrected chi connectivity index (χ0v) is 15.1. The molecule has 0 radical (unpaired) electrons. The van der Waals surface area contributed by atoms with Crippen LogP contribution in [0.2, 0.25) is 0 Å². The van der Waals surface area contributed by atoms with Crippen molar-refractivity contribution in [3.63, 3.8) is 0 Å². The normalized spacial score (nSPS) is 20.0. The molecular weight excluding hydrogens is 306 g/mol. The predicted octanol–water partition coefficient (Wildman–Crippen LogP) is 1.50. The van der Waals surface area contributed by atoms with E-state index in [1.165, 1.54) is 0 Å². The van der Waals surface area contributed by atoms with Crippen molar-refractivity contribution in [3.8, 4) is 0 Å². The van der Waals surface area contributed by atoms with Crippen LogP contribution in [0.1, 0.15) is 52.4 Å². The van der Waals surface area contributed by atoms with Gasteiger partial charge in [-0.15, -0.1) is 0 Å². The molecule has 2 aliphatic heterocycles. The van der Waals surface area contributed by atoms with Crippen molar-refractivity contribution in [3.05, 3.63) is 0 Å². The van der Waals surface area contributed by atoms with Gasteiger partial charge in [0.05, 0.1) is 0 Å². The Morgan fingerprint density at radius 2 is 1.50 bits per heavy atom. The lowest BCUT2D eigenvalue weighted by atomic mass is 9.95. The third kappa shape index (κ3) is 4.95. The highest BCUT2D eigenvalue weighted by molar-refractivity contribution is 5.80. The molecule has 0 saturated carbocycles. The first kappa shape index (κ1) is 18.7. The van der Waals surface area contributed by atoms with E-state index in [2.05, 4.69) is 6.92 Å². The number of rotatable bonds is 4. The number of likely N-dealkylation sites (tertiary alicyclic amines) is 1. The number of unbranched alkanes of at least 4 members (excludes halogenated alkanes) is 1. The molecule has 0 N–H and O–H groups in total. The fourth-order valence-electron chi connectivity index (χ4n) is 3.57. The average molecular weight is 337 g/mol. The van der Waals surface area contributed by atoms with Gasteiger partial charge in [-0.3, -0.25) is 14.4 Å². The van der Waals surface area contributed by atoms with E-state index in [0.717, 1.165) is 45.2 Å². The van der Waals surface area contributed by atoms with Crippen LogP contribution in [0.5, 0.6) is 0 Å². The minimum Gasteiger partial charge on any atom is -0.343 e. The number of piperidine rings is 1. The van der Waals surface area contributed by atoms with Crippen LogP contribution in [0.3, 0.4) is 0 Å². The van der Waals surface area contributed by atoms with Gasteiger partial charge in [0.2, 0.25) is 17.7 Å². The second-order valence-electron chi connectivity index (χ2n) is 6.94. The lowest BCUT2D eigenvalue weighted by molar-refractivity contribution is -0.140. The second-order valence-corrected chi connectivity index (χ2v) is 6.94. The van der Waals surface area contributed by atoms with Gasteiger partial charge in [-0.05, 0) is 25.7 Å². The van der Waals surface area contributed by atoms with Crippen molar-refractivity contribution in [1.29, 1.82) is 0 Å². The molecule has 2 saturated heterocycles. The van der Waals surface area contributed by atoms with Gasteiger partial charge in [0.15, 0.2) is 0 Å². The van der Waals surface area contributed by atoms with Crippen LogP contribution in [-0.4, -0.2) is 71.7 Å². The fourth-order valence-corrected chi connectivity index (χ4v) is 3.57. The smallest absolute Gasteiger partial charge is 0.225 e. The first-order chi connectivity index (χ1) is 11.5. The summed E-state index contributed by atoms with van der Waals surface area (Å²) in [6, 6.07) is 0. The predicted molar refractivity (Wildman–Crippen MR) is 92.3 cm³/mol. The van der Waals surface area contributed by atoms with Crippen molar-refractivity contribution in [2.75, 3.05) is 39.3 Å². The van der Waals surface area contributed by atoms with E-state index in [0.29, 0.717) is 32.6 Å². The monoisotopic (exact) mass is 337 g/mol. The molecule has 24 heavy (non-hydrogen) atoms. The molecule has 0 aromatic heterocycles. The molecule has 0 atom stereocenters. The third-order valence-electron chi connectivity index (χ3n) is 5.19. The summed E-state index contributed by atoms with van der Waals surface area (Å²) in [6.07, 6.45) is 4.96. The highest BCUT2D eigenvalue weighted by Crippen LogP contribution is 2.21. The van der Waals surface area contributed by atoms with Gasteiger partial charge in [0.1, 0.15) is 0 Å². The van der Waals surface area contributed by atoms with Crippen molar-refractivity contribution < 1.29 is 14.4 Å². The van der Waals surface area contributed by atoms with Crippen molar-refractivity contribution in [2.24, 2.45) is 5.92 Å². The summed E-state index contributed by atoms with van der Waals surface area (Å²) < 4.78 is 0. The Morgan fingerprint density at radius 3 is 2.12 bits per heavy atom. The maximum Gasteiger partial charge on any atom is 0.225 e. The van der Waals surface area contributed by atoms with Gasteiger partial charge >= 0.3 is 0 Å². The Kier molecular flexibility index (Phi) is 7.06. The second kappa shape index (κ2) is 9.04. The van der Waals surface area contributed by atoms with E-state index in [1.807, 2.05) is 14.7 Å². The molecule has 0 spiro atoms. The molecule has 0 unspecified atom stereocenters. The summed E-state index contributed by atoms with van der Waals surface area (Å²) in [5, 5.41) is 0. The summed E-state index contributed by atoms with van der Waals surface area (Å²) in [5.41, 5.74) is 0. The van der Waals surface area contributed by atoms with E-state index in [9.17, 15) is 14.4 Å². The molecule has 2 heterocycles. The number of carbonyl (C=O) groups excluding carboxylic acids is 3. The van der Waals surface area contributed by atoms with E-state index >= 15 is 0 Å². The lowest BCUT2D eigenvalue weighted by Gasteiger charge is -2.33. The summed E-state index contributed by atoms with van der Waals surface area (Å²) in [6.45, 7) is 7.83. The van der Waals surface area contributed by atoms with E-state index < -0.39 is 0 Å². The minimum atomic E-state index is 0.0305. The van der Waals surface area contributed by atoms with E-state index in [1.54, 1.807) is 6.92 Å². The molecule has 0 aromatic rings. The summed E-state index contributed by atoms with van der Waals surface area (Å²) >= 11 is 0. The zero-order valence-electron chi connectivity index (χ0n) is 15.1. The Bertz CT molecular complexity index is 458. The highest BCUT2D eigenvalue weighted by atomic mass is 16.2. The third-order valence-corrected chi connectivity index (χ3v) is 5.19. The van der Waals surface area contributed by atoms with Crippen LogP contribution in [0.4, 0.5) is 0 Å². The summed E-state index contributed by atoms with van der Waals surface area (Å²) in [4.78, 5) is 42.0. The quantitative estimate of drug-likeness (QED) is 0.781. The Labute approximate surface area is 145 Å². The van der Waals surface area contributed by atoms with Gasteiger partial charge in [-0.1, -0.05) is 13.3 Å². The van der Waals surface area contributed by atoms with Crippen LogP contribution in [0, 0.1) is 5.92 Å². The van der Waals surface area contributed by atoms with Crippen LogP contribution in [-0.2, 0) is 14.4 Å². The van der Waals surface area contributed by atoms with Gasteiger partial charge < -0.3 is 14.7 Å². The molecule has 0 aromatic carbocycles. The minimum absolute atomic E-state index is 0.0305. The number of hydrogen-bond acceptors (Lipinski definition) is 3. The average Bonchev–Trinajstić information content (AvgIpc) is 2.85. The van der Waals surface area contributed by atoms with Crippen molar-refractivity contribution >= 4 is 17.7 Å². The number of nitrogens with zero attached hydrogens (tertiary/aromatic N) is 3. The molecule has 2 rings (SSSR count). The number of amides is 3. The van der Waals surface area contributed by atoms with Crippen molar-refractivity contribution in [1.82, 2.24) is 14.7 Å². The maximum absolute atomic E-state index is 12.8. The molecule has 6 nitrogen and oxygen atoms in total. The van der Waals surface area contributed by atoms with Crippen LogP contribution in [0.25, 0.3) is 0 Å². The molecule has 2 fully saturated rings. The molecule has 136 valence electrons. The van der Waals surface area contributed by atoms with Crippen LogP contribution >= 0.6 is 0 Å².